The van der Waals surface area contributed by atoms with Crippen LogP contribution in [-0.2, 0) is 15.0 Å². The molecule has 2 heterocycles. The molecule has 0 bridgehead atoms. The van der Waals surface area contributed by atoms with Gasteiger partial charge in [0.2, 0.25) is 11.8 Å². The Morgan fingerprint density at radius 1 is 1.06 bits per heavy atom. The fourth-order valence-electron chi connectivity index (χ4n) is 7.06. The first-order valence-corrected chi connectivity index (χ1v) is 13.3. The molecule has 2 aromatic carbocycles. The molecule has 8 heteroatoms. The summed E-state index contributed by atoms with van der Waals surface area (Å²) in [5, 5.41) is 10.4. The lowest BCUT2D eigenvalue weighted by atomic mass is 9.55. The van der Waals surface area contributed by atoms with Crippen molar-refractivity contribution in [3.8, 4) is 0 Å². The van der Waals surface area contributed by atoms with Gasteiger partial charge in [0.05, 0.1) is 11.1 Å². The van der Waals surface area contributed by atoms with Crippen molar-refractivity contribution >= 4 is 40.7 Å². The number of amides is 2. The minimum atomic E-state index is -1.18. The smallest absolute Gasteiger partial charge is 0.238 e. The molecule has 2 amide bonds. The molecule has 0 unspecified atom stereocenters. The van der Waals surface area contributed by atoms with E-state index in [9.17, 15) is 9.59 Å². The SMILES string of the molecule is O=C(NC1CCC1)[C@@H]1NC2(CCCCC2)[C@@]2(C(=O)Nc3cc(Cl)ccc32)[C@H]1c1cccc(Cl)c1F. The summed E-state index contributed by atoms with van der Waals surface area (Å²) in [5.74, 6) is -1.75. The Labute approximate surface area is 214 Å². The van der Waals surface area contributed by atoms with Crippen molar-refractivity contribution in [3.63, 3.8) is 0 Å². The minimum absolute atomic E-state index is 0.0184. The summed E-state index contributed by atoms with van der Waals surface area (Å²) >= 11 is 12.5. The Balaban J connectivity index is 1.60. The summed E-state index contributed by atoms with van der Waals surface area (Å²) in [5.41, 5.74) is -0.193. The molecule has 2 aliphatic heterocycles. The highest BCUT2D eigenvalue weighted by atomic mass is 35.5. The van der Waals surface area contributed by atoms with Crippen LogP contribution >= 0.6 is 23.2 Å². The van der Waals surface area contributed by atoms with Crippen molar-refractivity contribution in [1.82, 2.24) is 10.6 Å². The highest BCUT2D eigenvalue weighted by Gasteiger charge is 2.72. The van der Waals surface area contributed by atoms with Crippen LogP contribution in [0, 0.1) is 5.82 Å². The van der Waals surface area contributed by atoms with Gasteiger partial charge in [-0.05, 0) is 61.4 Å². The molecule has 0 radical (unpaired) electrons. The van der Waals surface area contributed by atoms with Gasteiger partial charge in [0, 0.05) is 28.2 Å². The van der Waals surface area contributed by atoms with Crippen molar-refractivity contribution in [2.24, 2.45) is 0 Å². The normalized spacial score (nSPS) is 29.2. The lowest BCUT2D eigenvalue weighted by Crippen LogP contribution is -2.60. The summed E-state index contributed by atoms with van der Waals surface area (Å²) in [6.45, 7) is 0. The van der Waals surface area contributed by atoms with E-state index in [1.54, 1.807) is 24.3 Å². The van der Waals surface area contributed by atoms with Crippen LogP contribution in [0.2, 0.25) is 10.0 Å². The average molecular weight is 516 g/mol. The molecule has 35 heavy (non-hydrogen) atoms. The standard InChI is InChI=1S/C27H28Cl2FN3O2/c28-15-10-11-18-20(14-15)32-25(35)27(18)21(17-8-5-9-19(29)22(17)30)23(24(34)31-16-6-4-7-16)33-26(27)12-2-1-3-13-26/h5,8-11,14,16,21,23,33H,1-4,6-7,12-13H2,(H,31,34)(H,32,35)/t21-,23+,27+/m0/s1. The number of halogens is 3. The third kappa shape index (κ3) is 3.29. The number of hydrogen-bond acceptors (Lipinski definition) is 3. The van der Waals surface area contributed by atoms with E-state index in [0.29, 0.717) is 29.1 Å². The van der Waals surface area contributed by atoms with Gasteiger partial charge in [-0.2, -0.15) is 0 Å². The maximum absolute atomic E-state index is 15.7. The molecular weight excluding hydrogens is 488 g/mol. The maximum atomic E-state index is 15.7. The van der Waals surface area contributed by atoms with Gasteiger partial charge in [-0.15, -0.1) is 0 Å². The molecule has 2 aliphatic carbocycles. The van der Waals surface area contributed by atoms with E-state index in [1.165, 1.54) is 6.07 Å². The predicted molar refractivity (Wildman–Crippen MR) is 134 cm³/mol. The summed E-state index contributed by atoms with van der Waals surface area (Å²) in [6, 6.07) is 9.58. The molecule has 0 aromatic heterocycles. The first-order valence-electron chi connectivity index (χ1n) is 12.5. The second-order valence-corrected chi connectivity index (χ2v) is 11.3. The Morgan fingerprint density at radius 3 is 2.54 bits per heavy atom. The average Bonchev–Trinajstić information content (AvgIpc) is 3.26. The van der Waals surface area contributed by atoms with Gasteiger partial charge in [0.25, 0.3) is 0 Å². The molecule has 3 N–H and O–H groups in total. The van der Waals surface area contributed by atoms with Gasteiger partial charge in [-0.1, -0.05) is 60.7 Å². The molecule has 5 nitrogen and oxygen atoms in total. The molecule has 2 aromatic rings. The van der Waals surface area contributed by atoms with Crippen molar-refractivity contribution < 1.29 is 14.0 Å². The number of fused-ring (bicyclic) bond motifs is 3. The molecule has 3 fully saturated rings. The van der Waals surface area contributed by atoms with Crippen LogP contribution in [-0.4, -0.2) is 29.4 Å². The maximum Gasteiger partial charge on any atom is 0.238 e. The Kier molecular flexibility index (Phi) is 5.62. The van der Waals surface area contributed by atoms with E-state index >= 15 is 4.39 Å². The number of hydrogen-bond donors (Lipinski definition) is 3. The number of anilines is 1. The Bertz CT molecular complexity index is 1210. The second-order valence-electron chi connectivity index (χ2n) is 10.5. The predicted octanol–water partition coefficient (Wildman–Crippen LogP) is 5.45. The number of carbonyl (C=O) groups excluding carboxylic acids is 2. The van der Waals surface area contributed by atoms with Crippen LogP contribution in [0.25, 0.3) is 0 Å². The number of rotatable bonds is 3. The van der Waals surface area contributed by atoms with Crippen LogP contribution in [0.1, 0.15) is 68.4 Å². The van der Waals surface area contributed by atoms with E-state index in [2.05, 4.69) is 16.0 Å². The van der Waals surface area contributed by atoms with Crippen molar-refractivity contribution in [1.29, 1.82) is 0 Å². The van der Waals surface area contributed by atoms with Gasteiger partial charge in [0.15, 0.2) is 0 Å². The molecule has 6 rings (SSSR count). The van der Waals surface area contributed by atoms with Gasteiger partial charge >= 0.3 is 0 Å². The van der Waals surface area contributed by atoms with Crippen LogP contribution in [0.5, 0.6) is 0 Å². The van der Waals surface area contributed by atoms with Gasteiger partial charge in [-0.3, -0.25) is 14.9 Å². The zero-order chi connectivity index (χ0) is 24.4. The topological polar surface area (TPSA) is 70.2 Å². The third-order valence-electron chi connectivity index (χ3n) is 8.76. The van der Waals surface area contributed by atoms with E-state index in [4.69, 9.17) is 23.2 Å². The Morgan fingerprint density at radius 2 is 1.83 bits per heavy atom. The Hall–Kier alpha value is -2.15. The zero-order valence-corrected chi connectivity index (χ0v) is 20.8. The fraction of sp³-hybridized carbons (Fsp3) is 0.481. The molecular formula is C27H28Cl2FN3O2. The number of nitrogens with one attached hydrogen (secondary N) is 3. The van der Waals surface area contributed by atoms with E-state index in [0.717, 1.165) is 44.1 Å². The zero-order valence-electron chi connectivity index (χ0n) is 19.3. The van der Waals surface area contributed by atoms with Crippen LogP contribution in [0.4, 0.5) is 10.1 Å². The van der Waals surface area contributed by atoms with Crippen molar-refractivity contribution in [2.75, 3.05) is 5.32 Å². The molecule has 1 saturated heterocycles. The first kappa shape index (κ1) is 23.3. The number of benzene rings is 2. The van der Waals surface area contributed by atoms with Gasteiger partial charge < -0.3 is 10.6 Å². The summed E-state index contributed by atoms with van der Waals surface area (Å²) in [6.07, 6.45) is 7.30. The largest absolute Gasteiger partial charge is 0.352 e. The molecule has 2 spiro atoms. The fourth-order valence-corrected chi connectivity index (χ4v) is 7.42. The first-order chi connectivity index (χ1) is 16.9. The highest BCUT2D eigenvalue weighted by Crippen LogP contribution is 2.62. The van der Waals surface area contributed by atoms with E-state index in [-0.39, 0.29) is 22.9 Å². The molecule has 3 atom stereocenters. The highest BCUT2D eigenvalue weighted by molar-refractivity contribution is 6.31. The van der Waals surface area contributed by atoms with Crippen molar-refractivity contribution in [2.45, 2.75) is 80.3 Å². The van der Waals surface area contributed by atoms with Crippen LogP contribution in [0.15, 0.2) is 36.4 Å². The third-order valence-corrected chi connectivity index (χ3v) is 9.28. The lowest BCUT2D eigenvalue weighted by molar-refractivity contribution is -0.125. The van der Waals surface area contributed by atoms with Crippen LogP contribution < -0.4 is 16.0 Å². The molecule has 4 aliphatic rings. The molecule has 184 valence electrons. The quantitative estimate of drug-likeness (QED) is 0.508. The summed E-state index contributed by atoms with van der Waals surface area (Å²) < 4.78 is 15.7. The molecule has 2 saturated carbocycles. The lowest BCUT2D eigenvalue weighted by Gasteiger charge is -2.47. The minimum Gasteiger partial charge on any atom is -0.352 e. The second kappa shape index (κ2) is 8.46. The van der Waals surface area contributed by atoms with Crippen LogP contribution in [0.3, 0.4) is 0 Å². The number of carbonyl (C=O) groups is 2. The van der Waals surface area contributed by atoms with Gasteiger partial charge in [0.1, 0.15) is 11.2 Å². The summed E-state index contributed by atoms with van der Waals surface area (Å²) in [4.78, 5) is 28.0. The van der Waals surface area contributed by atoms with E-state index < -0.39 is 28.7 Å². The van der Waals surface area contributed by atoms with Crippen molar-refractivity contribution in [3.05, 3.63) is 63.4 Å². The monoisotopic (exact) mass is 515 g/mol. The van der Waals surface area contributed by atoms with Gasteiger partial charge in [-0.25, -0.2) is 4.39 Å². The summed E-state index contributed by atoms with van der Waals surface area (Å²) in [7, 11) is 0. The van der Waals surface area contributed by atoms with E-state index in [1.807, 2.05) is 6.07 Å².